The molecule has 3 heterocycles. The molecule has 0 spiro atoms. The molecule has 1 saturated heterocycles. The summed E-state index contributed by atoms with van der Waals surface area (Å²) >= 11 is 2.04. The van der Waals surface area contributed by atoms with Crippen molar-refractivity contribution < 1.29 is 13.5 Å². The normalized spacial score (nSPS) is 32.4. The van der Waals surface area contributed by atoms with Crippen LogP contribution in [0.3, 0.4) is 0 Å². The Morgan fingerprint density at radius 2 is 1.97 bits per heavy atom. The maximum atomic E-state index is 13.1. The maximum absolute atomic E-state index is 13.1. The van der Waals surface area contributed by atoms with Gasteiger partial charge in [0.15, 0.2) is 0 Å². The molecule has 33 heavy (non-hydrogen) atoms. The summed E-state index contributed by atoms with van der Waals surface area (Å²) in [6.07, 6.45) is 8.03. The number of anilines is 1. The molecule has 3 fully saturated rings. The highest BCUT2D eigenvalue weighted by Gasteiger charge is 2.40. The summed E-state index contributed by atoms with van der Waals surface area (Å²) in [6, 6.07) is 1.72. The molecule has 2 aromatic heterocycles. The molecule has 2 aromatic rings. The first kappa shape index (κ1) is 23.4. The Morgan fingerprint density at radius 3 is 2.61 bits per heavy atom. The first-order chi connectivity index (χ1) is 15.7. The number of aromatic nitrogens is 3. The number of hydrogen-bond donors (Lipinski definition) is 2. The standard InChI is InChI=1S/C22H30IN5O4S/c1-22(30)9-2-4-18(22)28-19-14(12-17(23)20(28)29)13-24-21(26-19)25-15-5-7-16(8-6-15)27-10-3-11-33(27,31)32/h12-13,15-16,18,30H,2-11H2,1H3,(H,24,25,26)/t15?,16?,18-,22-/m1/s1. The van der Waals surface area contributed by atoms with Gasteiger partial charge in [0.1, 0.15) is 5.65 Å². The topological polar surface area (TPSA) is 117 Å². The largest absolute Gasteiger partial charge is 0.388 e. The van der Waals surface area contributed by atoms with E-state index in [1.165, 1.54) is 0 Å². The monoisotopic (exact) mass is 587 g/mol. The van der Waals surface area contributed by atoms with Crippen molar-refractivity contribution in [3.63, 3.8) is 0 Å². The fraction of sp³-hybridized carbons (Fsp3) is 0.682. The van der Waals surface area contributed by atoms with E-state index in [1.54, 1.807) is 28.1 Å². The van der Waals surface area contributed by atoms with Gasteiger partial charge in [-0.3, -0.25) is 9.36 Å². The minimum atomic E-state index is -3.08. The Hall–Kier alpha value is -1.31. The lowest BCUT2D eigenvalue weighted by Crippen LogP contribution is -2.41. The third kappa shape index (κ3) is 4.41. The number of nitrogens with one attached hydrogen (secondary N) is 1. The Labute approximate surface area is 207 Å². The average molecular weight is 587 g/mol. The highest BCUT2D eigenvalue weighted by atomic mass is 127. The minimum Gasteiger partial charge on any atom is -0.388 e. The Morgan fingerprint density at radius 1 is 1.21 bits per heavy atom. The van der Waals surface area contributed by atoms with Crippen molar-refractivity contribution in [3.8, 4) is 0 Å². The smallest absolute Gasteiger partial charge is 0.266 e. The van der Waals surface area contributed by atoms with Crippen LogP contribution in [0, 0.1) is 3.57 Å². The summed E-state index contributed by atoms with van der Waals surface area (Å²) in [6.45, 7) is 2.43. The number of aliphatic hydroxyl groups is 1. The molecular formula is C22H30IN5O4S. The predicted molar refractivity (Wildman–Crippen MR) is 135 cm³/mol. The van der Waals surface area contributed by atoms with Gasteiger partial charge in [0.05, 0.1) is 21.0 Å². The van der Waals surface area contributed by atoms with Crippen LogP contribution < -0.4 is 10.9 Å². The first-order valence-corrected chi connectivity index (χ1v) is 14.4. The Balaban J connectivity index is 1.37. The third-order valence-electron chi connectivity index (χ3n) is 7.49. The van der Waals surface area contributed by atoms with Gasteiger partial charge in [-0.2, -0.15) is 9.29 Å². The summed E-state index contributed by atoms with van der Waals surface area (Å²) in [5.74, 6) is 0.733. The quantitative estimate of drug-likeness (QED) is 0.529. The summed E-state index contributed by atoms with van der Waals surface area (Å²) < 4.78 is 28.4. The summed E-state index contributed by atoms with van der Waals surface area (Å²) in [5, 5.41) is 15.1. The SMILES string of the molecule is C[C@@]1(O)CCC[C@H]1n1c(=O)c(I)cc2cnc(NC3CCC(N4CCCS4(=O)=O)CC3)nc21. The van der Waals surface area contributed by atoms with Crippen LogP contribution in [0.1, 0.15) is 64.3 Å². The zero-order valence-corrected chi connectivity index (χ0v) is 21.7. The van der Waals surface area contributed by atoms with Gasteiger partial charge in [-0.1, -0.05) is 0 Å². The molecule has 2 saturated carbocycles. The molecule has 0 bridgehead atoms. The van der Waals surface area contributed by atoms with Crippen molar-refractivity contribution in [1.82, 2.24) is 18.8 Å². The number of halogens is 1. The van der Waals surface area contributed by atoms with Crippen LogP contribution in [0.2, 0.25) is 0 Å². The first-order valence-electron chi connectivity index (χ1n) is 11.7. The van der Waals surface area contributed by atoms with Crippen molar-refractivity contribution >= 4 is 49.6 Å². The molecule has 0 aromatic carbocycles. The van der Waals surface area contributed by atoms with Gasteiger partial charge < -0.3 is 10.4 Å². The molecule has 9 nitrogen and oxygen atoms in total. The van der Waals surface area contributed by atoms with Crippen LogP contribution in [-0.2, 0) is 10.0 Å². The summed E-state index contributed by atoms with van der Waals surface area (Å²) in [4.78, 5) is 22.3. The predicted octanol–water partition coefficient (Wildman–Crippen LogP) is 2.63. The van der Waals surface area contributed by atoms with Crippen LogP contribution in [0.5, 0.6) is 0 Å². The van der Waals surface area contributed by atoms with E-state index in [9.17, 15) is 18.3 Å². The molecule has 1 aliphatic heterocycles. The van der Waals surface area contributed by atoms with Crippen molar-refractivity contribution in [2.24, 2.45) is 0 Å². The van der Waals surface area contributed by atoms with Gasteiger partial charge in [0.2, 0.25) is 16.0 Å². The number of pyridine rings is 1. The van der Waals surface area contributed by atoms with Gasteiger partial charge in [0.25, 0.3) is 5.56 Å². The van der Waals surface area contributed by atoms with Crippen molar-refractivity contribution in [3.05, 3.63) is 26.2 Å². The number of nitrogens with zero attached hydrogens (tertiary/aromatic N) is 4. The molecule has 2 aliphatic carbocycles. The highest BCUT2D eigenvalue weighted by Crippen LogP contribution is 2.39. The van der Waals surface area contributed by atoms with Gasteiger partial charge in [-0.15, -0.1) is 0 Å². The molecule has 11 heteroatoms. The average Bonchev–Trinajstić information content (AvgIpc) is 3.30. The zero-order chi connectivity index (χ0) is 23.4. The van der Waals surface area contributed by atoms with E-state index in [-0.39, 0.29) is 29.4 Å². The number of rotatable bonds is 4. The lowest BCUT2D eigenvalue weighted by atomic mass is 9.91. The fourth-order valence-electron chi connectivity index (χ4n) is 5.74. The molecule has 0 unspecified atom stereocenters. The highest BCUT2D eigenvalue weighted by molar-refractivity contribution is 14.1. The second kappa shape index (κ2) is 8.72. The van der Waals surface area contributed by atoms with Crippen LogP contribution in [0.15, 0.2) is 17.1 Å². The van der Waals surface area contributed by atoms with Crippen molar-refractivity contribution in [2.45, 2.75) is 82.0 Å². The number of sulfonamides is 1. The van der Waals surface area contributed by atoms with E-state index < -0.39 is 15.6 Å². The number of fused-ring (bicyclic) bond motifs is 1. The summed E-state index contributed by atoms with van der Waals surface area (Å²) in [7, 11) is -3.08. The molecule has 0 amide bonds. The van der Waals surface area contributed by atoms with Crippen molar-refractivity contribution in [2.75, 3.05) is 17.6 Å². The van der Waals surface area contributed by atoms with Gasteiger partial charge in [-0.25, -0.2) is 13.4 Å². The second-order valence-electron chi connectivity index (χ2n) is 9.84. The Bertz CT molecular complexity index is 1220. The van der Waals surface area contributed by atoms with E-state index in [4.69, 9.17) is 4.98 Å². The van der Waals surface area contributed by atoms with Crippen LogP contribution in [0.4, 0.5) is 5.95 Å². The molecule has 0 radical (unpaired) electrons. The summed E-state index contributed by atoms with van der Waals surface area (Å²) in [5.41, 5.74) is -0.539. The molecule has 180 valence electrons. The van der Waals surface area contributed by atoms with E-state index >= 15 is 0 Å². The molecular weight excluding hydrogens is 557 g/mol. The Kier molecular flexibility index (Phi) is 6.19. The third-order valence-corrected chi connectivity index (χ3v) is 10.3. The molecule has 3 aliphatic rings. The number of hydrogen-bond acceptors (Lipinski definition) is 7. The molecule has 5 rings (SSSR count). The van der Waals surface area contributed by atoms with Gasteiger partial charge in [-0.05, 0) is 86.9 Å². The van der Waals surface area contributed by atoms with Gasteiger partial charge in [0, 0.05) is 30.2 Å². The van der Waals surface area contributed by atoms with Crippen LogP contribution >= 0.6 is 22.6 Å². The molecule has 2 atom stereocenters. The van der Waals surface area contributed by atoms with E-state index in [0.29, 0.717) is 28.1 Å². The second-order valence-corrected chi connectivity index (χ2v) is 13.0. The lowest BCUT2D eigenvalue weighted by molar-refractivity contribution is 0.0266. The lowest BCUT2D eigenvalue weighted by Gasteiger charge is -2.34. The van der Waals surface area contributed by atoms with E-state index in [1.807, 2.05) is 22.6 Å². The fourth-order valence-corrected chi connectivity index (χ4v) is 8.14. The van der Waals surface area contributed by atoms with Crippen LogP contribution in [0.25, 0.3) is 11.0 Å². The zero-order valence-electron chi connectivity index (χ0n) is 18.7. The van der Waals surface area contributed by atoms with E-state index in [0.717, 1.165) is 50.3 Å². The maximum Gasteiger partial charge on any atom is 0.266 e. The minimum absolute atomic E-state index is 0.0879. The van der Waals surface area contributed by atoms with Crippen LogP contribution in [-0.4, -0.2) is 62.3 Å². The molecule has 2 N–H and O–H groups in total. The van der Waals surface area contributed by atoms with E-state index in [2.05, 4.69) is 10.3 Å². The van der Waals surface area contributed by atoms with Gasteiger partial charge >= 0.3 is 0 Å². The van der Waals surface area contributed by atoms with Crippen molar-refractivity contribution in [1.29, 1.82) is 0 Å².